The van der Waals surface area contributed by atoms with E-state index in [2.05, 4.69) is 6.92 Å². The van der Waals surface area contributed by atoms with Gasteiger partial charge in [-0.05, 0) is 30.2 Å². The first-order valence-corrected chi connectivity index (χ1v) is 16.9. The number of carbonyl (C=O) groups is 1. The minimum atomic E-state index is -0.332. The van der Waals surface area contributed by atoms with Crippen LogP contribution >= 0.6 is 0 Å². The van der Waals surface area contributed by atoms with Gasteiger partial charge in [-0.1, -0.05) is 161 Å². The third kappa shape index (κ3) is 21.8. The van der Waals surface area contributed by atoms with Gasteiger partial charge in [0.05, 0.1) is 13.7 Å². The quantitative estimate of drug-likeness (QED) is 0.0631. The lowest BCUT2D eigenvalue weighted by molar-refractivity contribution is -0.137. The molecule has 0 spiro atoms. The molecule has 0 amide bonds. The van der Waals surface area contributed by atoms with Gasteiger partial charge >= 0.3 is 5.97 Å². The normalized spacial score (nSPS) is 11.3. The van der Waals surface area contributed by atoms with E-state index in [-0.39, 0.29) is 11.7 Å². The number of phenolic OH excluding ortho intramolecular Hbond substituents is 1. The monoisotopic (exact) mass is 558 g/mol. The predicted molar refractivity (Wildman–Crippen MR) is 171 cm³/mol. The molecule has 0 unspecified atom stereocenters. The van der Waals surface area contributed by atoms with Gasteiger partial charge in [0.25, 0.3) is 0 Å². The van der Waals surface area contributed by atoms with Gasteiger partial charge < -0.3 is 14.6 Å². The van der Waals surface area contributed by atoms with Crippen LogP contribution < -0.4 is 4.74 Å². The van der Waals surface area contributed by atoms with Crippen LogP contribution in [0.1, 0.15) is 167 Å². The Bertz CT molecular complexity index is 742. The second kappa shape index (κ2) is 27.2. The summed E-state index contributed by atoms with van der Waals surface area (Å²) in [7, 11) is 1.50. The molecule has 1 aromatic rings. The zero-order valence-corrected chi connectivity index (χ0v) is 26.2. The molecule has 0 atom stereocenters. The second-order valence-electron chi connectivity index (χ2n) is 11.6. The Hall–Kier alpha value is -1.97. The van der Waals surface area contributed by atoms with Gasteiger partial charge in [-0.15, -0.1) is 0 Å². The molecular formula is C36H62O4. The van der Waals surface area contributed by atoms with Crippen molar-refractivity contribution in [1.82, 2.24) is 0 Å². The smallest absolute Gasteiger partial charge is 0.330 e. The Balaban J connectivity index is 1.77. The largest absolute Gasteiger partial charge is 0.504 e. The number of phenols is 1. The average Bonchev–Trinajstić information content (AvgIpc) is 2.96. The van der Waals surface area contributed by atoms with E-state index >= 15 is 0 Å². The number of aromatic hydroxyl groups is 1. The van der Waals surface area contributed by atoms with E-state index < -0.39 is 0 Å². The lowest BCUT2D eigenvalue weighted by Gasteiger charge is -2.05. The van der Waals surface area contributed by atoms with Gasteiger partial charge in [-0.2, -0.15) is 0 Å². The highest BCUT2D eigenvalue weighted by Crippen LogP contribution is 2.26. The van der Waals surface area contributed by atoms with Crippen LogP contribution in [0.5, 0.6) is 11.5 Å². The van der Waals surface area contributed by atoms with Crippen LogP contribution in [0.2, 0.25) is 0 Å². The van der Waals surface area contributed by atoms with Gasteiger partial charge in [0, 0.05) is 6.08 Å². The Morgan fingerprint density at radius 3 is 1.45 bits per heavy atom. The molecule has 0 aliphatic heterocycles. The van der Waals surface area contributed by atoms with Crippen molar-refractivity contribution in [2.75, 3.05) is 13.7 Å². The summed E-state index contributed by atoms with van der Waals surface area (Å²) < 4.78 is 10.4. The Labute approximate surface area is 247 Å². The van der Waals surface area contributed by atoms with Crippen molar-refractivity contribution in [1.29, 1.82) is 0 Å². The highest BCUT2D eigenvalue weighted by atomic mass is 16.5. The summed E-state index contributed by atoms with van der Waals surface area (Å²) in [4.78, 5) is 11.9. The molecular weight excluding hydrogens is 496 g/mol. The summed E-state index contributed by atoms with van der Waals surface area (Å²) in [6, 6.07) is 4.95. The molecule has 1 N–H and O–H groups in total. The number of carbonyl (C=O) groups excluding carboxylic acids is 1. The van der Waals surface area contributed by atoms with Crippen LogP contribution in [0, 0.1) is 0 Å². The Kier molecular flexibility index (Phi) is 24.5. The highest BCUT2D eigenvalue weighted by molar-refractivity contribution is 5.87. The molecule has 4 nitrogen and oxygen atoms in total. The van der Waals surface area contributed by atoms with Crippen LogP contribution in [0.3, 0.4) is 0 Å². The number of benzene rings is 1. The molecule has 0 fully saturated rings. The first-order chi connectivity index (χ1) is 19.7. The second-order valence-corrected chi connectivity index (χ2v) is 11.6. The first-order valence-electron chi connectivity index (χ1n) is 16.9. The number of methoxy groups -OCH3 is 1. The summed E-state index contributed by atoms with van der Waals surface area (Å²) in [6.45, 7) is 2.77. The number of unbranched alkanes of at least 4 members (excludes halogenated alkanes) is 23. The van der Waals surface area contributed by atoms with E-state index in [0.717, 1.165) is 18.4 Å². The predicted octanol–water partition coefficient (Wildman–Crippen LogP) is 11.3. The van der Waals surface area contributed by atoms with E-state index in [1.54, 1.807) is 24.3 Å². The van der Waals surface area contributed by atoms with Crippen LogP contribution in [0.4, 0.5) is 0 Å². The van der Waals surface area contributed by atoms with Gasteiger partial charge in [-0.25, -0.2) is 4.79 Å². The minimum absolute atomic E-state index is 0.0811. The molecule has 0 radical (unpaired) electrons. The fraction of sp³-hybridized carbons (Fsp3) is 0.750. The maximum atomic E-state index is 11.9. The lowest BCUT2D eigenvalue weighted by atomic mass is 10.0. The maximum absolute atomic E-state index is 11.9. The van der Waals surface area contributed by atoms with Crippen molar-refractivity contribution < 1.29 is 19.4 Å². The van der Waals surface area contributed by atoms with Crippen LogP contribution in [-0.4, -0.2) is 24.8 Å². The number of rotatable bonds is 28. The molecule has 0 aromatic heterocycles. The van der Waals surface area contributed by atoms with Crippen molar-refractivity contribution in [3.8, 4) is 11.5 Å². The molecule has 1 aromatic carbocycles. The molecule has 0 bridgehead atoms. The Morgan fingerprint density at radius 2 is 1.05 bits per heavy atom. The molecule has 40 heavy (non-hydrogen) atoms. The standard InChI is InChI=1S/C36H62O4/c1-3-4-5-6-7-8-9-10-11-12-13-14-15-16-17-18-19-20-21-22-23-24-25-26-31-40-36(38)30-28-33-27-29-34(37)35(32-33)39-2/h27-30,32,37H,3-26,31H2,1-2H3/b30-28+. The molecule has 0 heterocycles. The summed E-state index contributed by atoms with van der Waals surface area (Å²) in [5, 5.41) is 9.62. The lowest BCUT2D eigenvalue weighted by Crippen LogP contribution is -2.02. The summed E-state index contributed by atoms with van der Waals surface area (Å²) in [6.07, 6.45) is 36.2. The molecule has 0 aliphatic carbocycles. The van der Waals surface area contributed by atoms with Crippen LogP contribution in [0.15, 0.2) is 24.3 Å². The molecule has 230 valence electrons. The van der Waals surface area contributed by atoms with E-state index in [1.807, 2.05) is 0 Å². The topological polar surface area (TPSA) is 55.8 Å². The molecule has 0 saturated heterocycles. The van der Waals surface area contributed by atoms with Crippen molar-refractivity contribution in [3.63, 3.8) is 0 Å². The summed E-state index contributed by atoms with van der Waals surface area (Å²) in [5.41, 5.74) is 0.779. The van der Waals surface area contributed by atoms with Gasteiger partial charge in [0.2, 0.25) is 0 Å². The summed E-state index contributed by atoms with van der Waals surface area (Å²) in [5.74, 6) is 0.134. The molecule has 1 rings (SSSR count). The van der Waals surface area contributed by atoms with E-state index in [4.69, 9.17) is 9.47 Å². The number of esters is 1. The number of hydrogen-bond donors (Lipinski definition) is 1. The summed E-state index contributed by atoms with van der Waals surface area (Å²) >= 11 is 0. The number of hydrogen-bond acceptors (Lipinski definition) is 4. The fourth-order valence-corrected chi connectivity index (χ4v) is 5.25. The SMILES string of the molecule is CCCCCCCCCCCCCCCCCCCCCCCCCCOC(=O)/C=C/c1ccc(O)c(OC)c1. The molecule has 4 heteroatoms. The zero-order valence-electron chi connectivity index (χ0n) is 26.2. The fourth-order valence-electron chi connectivity index (χ4n) is 5.25. The minimum Gasteiger partial charge on any atom is -0.504 e. The third-order valence-electron chi connectivity index (χ3n) is 7.86. The maximum Gasteiger partial charge on any atom is 0.330 e. The van der Waals surface area contributed by atoms with Crippen LogP contribution in [-0.2, 0) is 9.53 Å². The first kappa shape index (κ1) is 36.1. The van der Waals surface area contributed by atoms with E-state index in [9.17, 15) is 9.90 Å². The van der Waals surface area contributed by atoms with Crippen molar-refractivity contribution >= 4 is 12.0 Å². The number of ether oxygens (including phenoxy) is 2. The molecule has 0 aliphatic rings. The van der Waals surface area contributed by atoms with E-state index in [1.165, 1.54) is 154 Å². The molecule has 0 saturated carbocycles. The van der Waals surface area contributed by atoms with Crippen molar-refractivity contribution in [2.24, 2.45) is 0 Å². The van der Waals surface area contributed by atoms with Crippen molar-refractivity contribution in [3.05, 3.63) is 29.8 Å². The van der Waals surface area contributed by atoms with Gasteiger partial charge in [-0.3, -0.25) is 0 Å². The Morgan fingerprint density at radius 1 is 0.650 bits per heavy atom. The average molecular weight is 559 g/mol. The third-order valence-corrected chi connectivity index (χ3v) is 7.86. The van der Waals surface area contributed by atoms with Crippen molar-refractivity contribution in [2.45, 2.75) is 161 Å². The van der Waals surface area contributed by atoms with Gasteiger partial charge in [0.1, 0.15) is 0 Å². The van der Waals surface area contributed by atoms with E-state index in [0.29, 0.717) is 12.4 Å². The highest BCUT2D eigenvalue weighted by Gasteiger charge is 2.02. The van der Waals surface area contributed by atoms with Crippen LogP contribution in [0.25, 0.3) is 6.08 Å². The zero-order chi connectivity index (χ0) is 28.9. The van der Waals surface area contributed by atoms with Gasteiger partial charge in [0.15, 0.2) is 11.5 Å².